The molecule has 0 radical (unpaired) electrons. The second-order valence-electron chi connectivity index (χ2n) is 10.7. The standard InChI is InChI=1S/C31H38N2O11/c1-17(2)28(35)42-16-41-26-23(39-6)12-13-32-24(26)27(34)33-22-15-40-30(37)21(14-20-10-8-7-9-11-20)25(19(5)43-31(22)38)44-29(36)18(3)4/h7-13,17-19,21-22,25H,14-16H2,1-6H3,(H,33,34)/t19-,21?,22?,25-/m0/s1. The number of hydrogen-bond donors (Lipinski definition) is 1. The van der Waals surface area contributed by atoms with Gasteiger partial charge in [-0.1, -0.05) is 58.0 Å². The van der Waals surface area contributed by atoms with Crippen molar-refractivity contribution in [1.82, 2.24) is 10.3 Å². The Hall–Kier alpha value is -4.68. The van der Waals surface area contributed by atoms with Gasteiger partial charge in [0.1, 0.15) is 18.6 Å². The SMILES string of the molecule is COc1ccnc(C(=O)NC2COC(=O)C(Cc3ccccc3)[C@@H](OC(=O)C(C)C)[C@H](C)OC2=O)c1OCOC(=O)C(C)C. The van der Waals surface area contributed by atoms with E-state index in [4.69, 9.17) is 28.4 Å². The first-order chi connectivity index (χ1) is 20.9. The van der Waals surface area contributed by atoms with Crippen LogP contribution in [-0.2, 0) is 44.5 Å². The molecule has 13 heteroatoms. The van der Waals surface area contributed by atoms with Crippen LogP contribution in [0.1, 0.15) is 50.7 Å². The van der Waals surface area contributed by atoms with Crippen molar-refractivity contribution in [2.75, 3.05) is 20.5 Å². The molecule has 1 amide bonds. The fourth-order valence-electron chi connectivity index (χ4n) is 4.18. The van der Waals surface area contributed by atoms with Crippen molar-refractivity contribution < 1.29 is 52.4 Å². The fourth-order valence-corrected chi connectivity index (χ4v) is 4.18. The number of carbonyl (C=O) groups is 5. The summed E-state index contributed by atoms with van der Waals surface area (Å²) in [6.45, 7) is 6.98. The van der Waals surface area contributed by atoms with E-state index in [0.29, 0.717) is 0 Å². The molecular weight excluding hydrogens is 576 g/mol. The molecule has 0 aliphatic carbocycles. The molecule has 2 aromatic rings. The number of esters is 4. The van der Waals surface area contributed by atoms with Gasteiger partial charge in [-0.25, -0.2) is 9.78 Å². The lowest BCUT2D eigenvalue weighted by molar-refractivity contribution is -0.176. The van der Waals surface area contributed by atoms with Crippen molar-refractivity contribution in [3.8, 4) is 11.5 Å². The van der Waals surface area contributed by atoms with Crippen LogP contribution in [-0.4, -0.2) is 73.5 Å². The predicted octanol–water partition coefficient (Wildman–Crippen LogP) is 2.64. The average molecular weight is 615 g/mol. The van der Waals surface area contributed by atoms with Crippen LogP contribution >= 0.6 is 0 Å². The van der Waals surface area contributed by atoms with Gasteiger partial charge in [0.05, 0.1) is 18.9 Å². The first-order valence-corrected chi connectivity index (χ1v) is 14.2. The number of nitrogens with one attached hydrogen (secondary N) is 1. The van der Waals surface area contributed by atoms with Crippen molar-refractivity contribution >= 4 is 29.8 Å². The summed E-state index contributed by atoms with van der Waals surface area (Å²) in [5, 5.41) is 2.46. The Morgan fingerprint density at radius 1 is 1.00 bits per heavy atom. The third-order valence-corrected chi connectivity index (χ3v) is 6.65. The number of hydrogen-bond acceptors (Lipinski definition) is 12. The average Bonchev–Trinajstić information content (AvgIpc) is 3.03. The number of methoxy groups -OCH3 is 1. The first kappa shape index (κ1) is 33.8. The Morgan fingerprint density at radius 3 is 2.32 bits per heavy atom. The molecule has 4 atom stereocenters. The van der Waals surface area contributed by atoms with Crippen LogP contribution in [0, 0.1) is 17.8 Å². The number of cyclic esters (lactones) is 2. The van der Waals surface area contributed by atoms with Gasteiger partial charge in [-0.3, -0.25) is 19.2 Å². The molecule has 1 saturated heterocycles. The highest BCUT2D eigenvalue weighted by atomic mass is 16.7. The number of amides is 1. The van der Waals surface area contributed by atoms with E-state index >= 15 is 0 Å². The molecule has 1 aliphatic rings. The zero-order chi connectivity index (χ0) is 32.4. The highest BCUT2D eigenvalue weighted by Gasteiger charge is 2.42. The molecule has 44 heavy (non-hydrogen) atoms. The summed E-state index contributed by atoms with van der Waals surface area (Å²) in [4.78, 5) is 68.5. The number of carbonyl (C=O) groups excluding carboxylic acids is 5. The molecule has 0 bridgehead atoms. The summed E-state index contributed by atoms with van der Waals surface area (Å²) >= 11 is 0. The van der Waals surface area contributed by atoms with Crippen molar-refractivity contribution in [3.63, 3.8) is 0 Å². The maximum atomic E-state index is 13.4. The molecule has 2 unspecified atom stereocenters. The third kappa shape index (κ3) is 8.91. The second kappa shape index (κ2) is 15.7. The van der Waals surface area contributed by atoms with Gasteiger partial charge < -0.3 is 33.7 Å². The first-order valence-electron chi connectivity index (χ1n) is 14.2. The quantitative estimate of drug-likeness (QED) is 0.224. The molecule has 2 heterocycles. The molecule has 1 fully saturated rings. The molecule has 1 aromatic carbocycles. The number of benzene rings is 1. The van der Waals surface area contributed by atoms with Gasteiger partial charge in [0.25, 0.3) is 5.91 Å². The monoisotopic (exact) mass is 614 g/mol. The van der Waals surface area contributed by atoms with Crippen LogP contribution in [0.4, 0.5) is 0 Å². The largest absolute Gasteiger partial charge is 0.493 e. The lowest BCUT2D eigenvalue weighted by atomic mass is 9.91. The summed E-state index contributed by atoms with van der Waals surface area (Å²) < 4.78 is 32.6. The Morgan fingerprint density at radius 2 is 1.68 bits per heavy atom. The number of nitrogens with zero attached hydrogens (tertiary/aromatic N) is 1. The molecule has 13 nitrogen and oxygen atoms in total. The Bertz CT molecular complexity index is 1330. The molecule has 0 saturated carbocycles. The van der Waals surface area contributed by atoms with Gasteiger partial charge in [-0.05, 0) is 18.9 Å². The lowest BCUT2D eigenvalue weighted by Gasteiger charge is -2.29. The van der Waals surface area contributed by atoms with E-state index in [0.717, 1.165) is 5.56 Å². The van der Waals surface area contributed by atoms with E-state index in [-0.39, 0.29) is 23.6 Å². The summed E-state index contributed by atoms with van der Waals surface area (Å²) in [5.74, 6) is -5.61. The number of pyridine rings is 1. The minimum atomic E-state index is -1.45. The zero-order valence-electron chi connectivity index (χ0n) is 25.6. The van der Waals surface area contributed by atoms with E-state index < -0.39 is 79.2 Å². The summed E-state index contributed by atoms with van der Waals surface area (Å²) in [6.07, 6.45) is -0.811. The van der Waals surface area contributed by atoms with Gasteiger partial charge in [-0.2, -0.15) is 0 Å². The van der Waals surface area contributed by atoms with Crippen molar-refractivity contribution in [2.45, 2.75) is 59.3 Å². The van der Waals surface area contributed by atoms with Crippen LogP contribution in [0.25, 0.3) is 0 Å². The van der Waals surface area contributed by atoms with Gasteiger partial charge in [-0.15, -0.1) is 0 Å². The summed E-state index contributed by atoms with van der Waals surface area (Å²) in [7, 11) is 1.34. The number of rotatable bonds is 11. The third-order valence-electron chi connectivity index (χ3n) is 6.65. The Labute approximate surface area is 255 Å². The minimum absolute atomic E-state index is 0.112. The van der Waals surface area contributed by atoms with Crippen LogP contribution in [0.5, 0.6) is 11.5 Å². The maximum absolute atomic E-state index is 13.4. The molecule has 238 valence electrons. The Kier molecular flexibility index (Phi) is 12.1. The van der Waals surface area contributed by atoms with Gasteiger partial charge >= 0.3 is 23.9 Å². The molecule has 1 aromatic heterocycles. The normalized spacial score (nSPS) is 20.4. The van der Waals surface area contributed by atoms with Gasteiger partial charge in [0.2, 0.25) is 6.79 Å². The summed E-state index contributed by atoms with van der Waals surface area (Å²) in [5.41, 5.74) is 0.487. The smallest absolute Gasteiger partial charge is 0.332 e. The Balaban J connectivity index is 1.85. The second-order valence-corrected chi connectivity index (χ2v) is 10.7. The minimum Gasteiger partial charge on any atom is -0.493 e. The topological polar surface area (TPSA) is 166 Å². The van der Waals surface area contributed by atoms with Crippen LogP contribution < -0.4 is 14.8 Å². The highest BCUT2D eigenvalue weighted by Crippen LogP contribution is 2.30. The molecule has 0 spiro atoms. The molecule has 1 N–H and O–H groups in total. The fraction of sp³-hybridized carbons (Fsp3) is 0.484. The zero-order valence-corrected chi connectivity index (χ0v) is 25.6. The highest BCUT2D eigenvalue weighted by molar-refractivity contribution is 5.98. The van der Waals surface area contributed by atoms with Crippen molar-refractivity contribution in [3.05, 3.63) is 53.9 Å². The molecular formula is C31H38N2O11. The van der Waals surface area contributed by atoms with Crippen LogP contribution in [0.15, 0.2) is 42.6 Å². The maximum Gasteiger partial charge on any atom is 0.332 e. The van der Waals surface area contributed by atoms with E-state index in [1.54, 1.807) is 39.8 Å². The van der Waals surface area contributed by atoms with Crippen LogP contribution in [0.3, 0.4) is 0 Å². The van der Waals surface area contributed by atoms with E-state index in [2.05, 4.69) is 10.3 Å². The number of ether oxygens (including phenoxy) is 6. The van der Waals surface area contributed by atoms with E-state index in [1.807, 2.05) is 18.2 Å². The van der Waals surface area contributed by atoms with E-state index in [9.17, 15) is 24.0 Å². The van der Waals surface area contributed by atoms with Crippen molar-refractivity contribution in [1.29, 1.82) is 0 Å². The van der Waals surface area contributed by atoms with Crippen molar-refractivity contribution in [2.24, 2.45) is 17.8 Å². The number of aromatic nitrogens is 1. The summed E-state index contributed by atoms with van der Waals surface area (Å²) in [6, 6.07) is 9.03. The lowest BCUT2D eigenvalue weighted by Crippen LogP contribution is -2.47. The predicted molar refractivity (Wildman–Crippen MR) is 153 cm³/mol. The van der Waals surface area contributed by atoms with Gasteiger partial charge in [0.15, 0.2) is 29.3 Å². The van der Waals surface area contributed by atoms with Crippen LogP contribution in [0.2, 0.25) is 0 Å². The van der Waals surface area contributed by atoms with E-state index in [1.165, 1.54) is 26.3 Å². The molecule has 3 rings (SSSR count). The van der Waals surface area contributed by atoms with Gasteiger partial charge in [0, 0.05) is 12.3 Å². The molecule has 1 aliphatic heterocycles.